The smallest absolute Gasteiger partial charge is 0.270 e. The second kappa shape index (κ2) is 5.95. The lowest BCUT2D eigenvalue weighted by Crippen LogP contribution is -2.18. The van der Waals surface area contributed by atoms with Crippen molar-refractivity contribution in [2.75, 3.05) is 7.11 Å². The first-order valence-corrected chi connectivity index (χ1v) is 5.06. The quantitative estimate of drug-likeness (QED) is 0.594. The van der Waals surface area contributed by atoms with E-state index in [0.717, 1.165) is 6.07 Å². The van der Waals surface area contributed by atoms with Gasteiger partial charge >= 0.3 is 0 Å². The van der Waals surface area contributed by atoms with Crippen molar-refractivity contribution in [2.24, 2.45) is 0 Å². The maximum absolute atomic E-state index is 10.6. The lowest BCUT2D eigenvalue weighted by Gasteiger charge is -2.17. The summed E-state index contributed by atoms with van der Waals surface area (Å²) in [4.78, 5) is 10.0. The molecule has 0 aromatic heterocycles. The number of benzene rings is 1. The maximum Gasteiger partial charge on any atom is 0.270 e. The van der Waals surface area contributed by atoms with Crippen LogP contribution in [0.25, 0.3) is 0 Å². The minimum absolute atomic E-state index is 0.0782. The van der Waals surface area contributed by atoms with Crippen LogP contribution in [0.2, 0.25) is 0 Å². The van der Waals surface area contributed by atoms with Crippen LogP contribution in [0.5, 0.6) is 5.75 Å². The molecule has 1 rings (SSSR count). The first-order chi connectivity index (χ1) is 8.51. The second-order valence-corrected chi connectivity index (χ2v) is 3.56. The summed E-state index contributed by atoms with van der Waals surface area (Å²) in [5.41, 5.74) is -0.150. The molecule has 18 heavy (non-hydrogen) atoms. The summed E-state index contributed by atoms with van der Waals surface area (Å²) in [5.74, 6) is 0.213. The minimum Gasteiger partial charge on any atom is -0.496 e. The number of aliphatic hydroxyl groups excluding tert-OH is 2. The Morgan fingerprint density at radius 1 is 1.56 bits per heavy atom. The Labute approximate surface area is 103 Å². The third kappa shape index (κ3) is 2.94. The standard InChI is InChI=1S/C11H12N2O5/c1-18-10-3-2-7(13(16)17)6-8(10)11(15)9(14)4-5-12/h2-3,6,9,11,14-15H,4H2,1H3. The van der Waals surface area contributed by atoms with Gasteiger partial charge in [0.2, 0.25) is 0 Å². The molecule has 1 aromatic rings. The summed E-state index contributed by atoms with van der Waals surface area (Å²) in [5, 5.41) is 38.4. The molecule has 2 N–H and O–H groups in total. The van der Waals surface area contributed by atoms with E-state index in [1.165, 1.54) is 19.2 Å². The van der Waals surface area contributed by atoms with Crippen molar-refractivity contribution in [3.8, 4) is 11.8 Å². The van der Waals surface area contributed by atoms with Gasteiger partial charge in [0.1, 0.15) is 11.9 Å². The molecule has 2 unspecified atom stereocenters. The zero-order valence-electron chi connectivity index (χ0n) is 9.61. The molecule has 0 heterocycles. The predicted molar refractivity (Wildman–Crippen MR) is 60.8 cm³/mol. The van der Waals surface area contributed by atoms with E-state index in [0.29, 0.717) is 0 Å². The predicted octanol–water partition coefficient (Wildman–Crippen LogP) is 0.911. The summed E-state index contributed by atoms with van der Waals surface area (Å²) in [7, 11) is 1.34. The average Bonchev–Trinajstić information content (AvgIpc) is 2.37. The van der Waals surface area contributed by atoms with Crippen LogP contribution in [0.4, 0.5) is 5.69 Å². The Kier molecular flexibility index (Phi) is 4.59. The molecule has 0 aliphatic heterocycles. The second-order valence-electron chi connectivity index (χ2n) is 3.56. The number of ether oxygens (including phenoxy) is 1. The number of methoxy groups -OCH3 is 1. The Hall–Kier alpha value is -2.17. The van der Waals surface area contributed by atoms with E-state index in [4.69, 9.17) is 10.00 Å². The van der Waals surface area contributed by atoms with Gasteiger partial charge in [-0.05, 0) is 6.07 Å². The SMILES string of the molecule is COc1ccc([N+](=O)[O-])cc1C(O)C(O)CC#N. The molecule has 0 aliphatic rings. The van der Waals surface area contributed by atoms with Crippen LogP contribution in [0.1, 0.15) is 18.1 Å². The van der Waals surface area contributed by atoms with Crippen LogP contribution < -0.4 is 4.74 Å². The van der Waals surface area contributed by atoms with Gasteiger partial charge in [0.15, 0.2) is 0 Å². The third-order valence-corrected chi connectivity index (χ3v) is 2.41. The van der Waals surface area contributed by atoms with E-state index >= 15 is 0 Å². The van der Waals surface area contributed by atoms with Gasteiger partial charge in [-0.2, -0.15) is 5.26 Å². The molecule has 7 nitrogen and oxygen atoms in total. The van der Waals surface area contributed by atoms with E-state index in [1.807, 2.05) is 0 Å². The van der Waals surface area contributed by atoms with E-state index in [1.54, 1.807) is 6.07 Å². The highest BCUT2D eigenvalue weighted by molar-refractivity contribution is 5.45. The summed E-state index contributed by atoms with van der Waals surface area (Å²) in [6, 6.07) is 5.38. The Morgan fingerprint density at radius 3 is 2.72 bits per heavy atom. The molecule has 0 fully saturated rings. The molecule has 7 heteroatoms. The lowest BCUT2D eigenvalue weighted by atomic mass is 10.0. The highest BCUT2D eigenvalue weighted by Gasteiger charge is 2.24. The van der Waals surface area contributed by atoms with E-state index in [-0.39, 0.29) is 23.4 Å². The monoisotopic (exact) mass is 252 g/mol. The molecule has 2 atom stereocenters. The van der Waals surface area contributed by atoms with Crippen LogP contribution >= 0.6 is 0 Å². The van der Waals surface area contributed by atoms with Gasteiger partial charge in [-0.1, -0.05) is 0 Å². The number of hydrogen-bond donors (Lipinski definition) is 2. The fraction of sp³-hybridized carbons (Fsp3) is 0.364. The van der Waals surface area contributed by atoms with Gasteiger partial charge in [-0.25, -0.2) is 0 Å². The van der Waals surface area contributed by atoms with E-state index < -0.39 is 17.1 Å². The Morgan fingerprint density at radius 2 is 2.22 bits per heavy atom. The van der Waals surface area contributed by atoms with E-state index in [9.17, 15) is 20.3 Å². The molecule has 0 aliphatic carbocycles. The normalized spacial score (nSPS) is 13.4. The van der Waals surface area contributed by atoms with Crippen LogP contribution in [-0.2, 0) is 0 Å². The molecule has 0 bridgehead atoms. The van der Waals surface area contributed by atoms with Crippen LogP contribution in [0.3, 0.4) is 0 Å². The average molecular weight is 252 g/mol. The molecule has 1 aromatic carbocycles. The fourth-order valence-corrected chi connectivity index (χ4v) is 1.48. The van der Waals surface area contributed by atoms with Crippen molar-refractivity contribution < 1.29 is 19.9 Å². The minimum atomic E-state index is -1.42. The number of rotatable bonds is 5. The summed E-state index contributed by atoms with van der Waals surface area (Å²) >= 11 is 0. The van der Waals surface area contributed by atoms with Gasteiger partial charge < -0.3 is 14.9 Å². The van der Waals surface area contributed by atoms with Crippen LogP contribution in [0, 0.1) is 21.4 Å². The topological polar surface area (TPSA) is 117 Å². The first kappa shape index (κ1) is 13.9. The van der Waals surface area contributed by atoms with Crippen molar-refractivity contribution in [3.63, 3.8) is 0 Å². The Balaban J connectivity index is 3.15. The highest BCUT2D eigenvalue weighted by atomic mass is 16.6. The molecule has 96 valence electrons. The van der Waals surface area contributed by atoms with Crippen molar-refractivity contribution >= 4 is 5.69 Å². The number of nitriles is 1. The van der Waals surface area contributed by atoms with Crippen LogP contribution in [-0.4, -0.2) is 28.4 Å². The molecule has 0 amide bonds. The number of nitrogens with zero attached hydrogens (tertiary/aromatic N) is 2. The summed E-state index contributed by atoms with van der Waals surface area (Å²) in [6.07, 6.45) is -3.03. The van der Waals surface area contributed by atoms with Gasteiger partial charge in [-0.3, -0.25) is 10.1 Å². The largest absolute Gasteiger partial charge is 0.496 e. The number of non-ortho nitro benzene ring substituents is 1. The Bertz CT molecular complexity index is 483. The number of hydrogen-bond acceptors (Lipinski definition) is 6. The molecular weight excluding hydrogens is 240 g/mol. The van der Waals surface area contributed by atoms with Gasteiger partial charge in [0.25, 0.3) is 5.69 Å². The summed E-state index contributed by atoms with van der Waals surface area (Å²) < 4.78 is 4.95. The number of nitro benzene ring substituents is 1. The van der Waals surface area contributed by atoms with Crippen molar-refractivity contribution in [1.29, 1.82) is 5.26 Å². The molecular formula is C11H12N2O5. The molecule has 0 saturated carbocycles. The maximum atomic E-state index is 10.6. The highest BCUT2D eigenvalue weighted by Crippen LogP contribution is 2.31. The van der Waals surface area contributed by atoms with Crippen molar-refractivity contribution in [2.45, 2.75) is 18.6 Å². The zero-order valence-corrected chi connectivity index (χ0v) is 9.61. The van der Waals surface area contributed by atoms with Crippen molar-refractivity contribution in [3.05, 3.63) is 33.9 Å². The lowest BCUT2D eigenvalue weighted by molar-refractivity contribution is -0.385. The van der Waals surface area contributed by atoms with Gasteiger partial charge in [-0.15, -0.1) is 0 Å². The van der Waals surface area contributed by atoms with Gasteiger partial charge in [0, 0.05) is 17.7 Å². The fourth-order valence-electron chi connectivity index (χ4n) is 1.48. The first-order valence-electron chi connectivity index (χ1n) is 5.06. The van der Waals surface area contributed by atoms with Gasteiger partial charge in [0.05, 0.1) is 30.6 Å². The summed E-state index contributed by atoms with van der Waals surface area (Å²) in [6.45, 7) is 0. The van der Waals surface area contributed by atoms with Crippen LogP contribution in [0.15, 0.2) is 18.2 Å². The van der Waals surface area contributed by atoms with Crippen molar-refractivity contribution in [1.82, 2.24) is 0 Å². The number of aliphatic hydroxyl groups is 2. The molecule has 0 spiro atoms. The zero-order chi connectivity index (χ0) is 13.7. The molecule has 0 radical (unpaired) electrons. The number of nitro groups is 1. The third-order valence-electron chi connectivity index (χ3n) is 2.41. The molecule has 0 saturated heterocycles. The van der Waals surface area contributed by atoms with E-state index in [2.05, 4.69) is 0 Å².